The summed E-state index contributed by atoms with van der Waals surface area (Å²) in [6.07, 6.45) is 1.12. The van der Waals surface area contributed by atoms with Gasteiger partial charge in [-0.2, -0.15) is 11.8 Å². The summed E-state index contributed by atoms with van der Waals surface area (Å²) in [5.74, 6) is 2.50. The zero-order chi connectivity index (χ0) is 11.2. The van der Waals surface area contributed by atoms with Gasteiger partial charge in [-0.25, -0.2) is 0 Å². The van der Waals surface area contributed by atoms with Crippen LogP contribution in [0.2, 0.25) is 0 Å². The molecule has 0 spiro atoms. The van der Waals surface area contributed by atoms with Crippen LogP contribution < -0.4 is 5.73 Å². The molecule has 0 aliphatic carbocycles. The number of benzene rings is 1. The minimum absolute atomic E-state index is 0.670. The molecule has 2 N–H and O–H groups in total. The monoisotopic (exact) mass is 236 g/mol. The van der Waals surface area contributed by atoms with E-state index in [4.69, 9.17) is 5.73 Å². The molecule has 1 saturated heterocycles. The molecular weight excluding hydrogens is 216 g/mol. The van der Waals surface area contributed by atoms with Crippen molar-refractivity contribution in [1.82, 2.24) is 4.90 Å². The largest absolute Gasteiger partial charge is 0.330 e. The zero-order valence-electron chi connectivity index (χ0n) is 9.64. The second-order valence-corrected chi connectivity index (χ2v) is 5.41. The smallest absolute Gasteiger partial charge is 0.0237 e. The maximum atomic E-state index is 5.68. The lowest BCUT2D eigenvalue weighted by atomic mass is 10.1. The Bertz CT molecular complexity index is 300. The van der Waals surface area contributed by atoms with Crippen molar-refractivity contribution in [2.75, 3.05) is 24.6 Å². The van der Waals surface area contributed by atoms with Gasteiger partial charge in [0.1, 0.15) is 0 Å². The Morgan fingerprint density at radius 3 is 2.88 bits per heavy atom. The van der Waals surface area contributed by atoms with Crippen LogP contribution >= 0.6 is 11.8 Å². The zero-order valence-corrected chi connectivity index (χ0v) is 10.5. The first-order valence-corrected chi connectivity index (χ1v) is 7.11. The third kappa shape index (κ3) is 3.24. The maximum absolute atomic E-state index is 5.68. The van der Waals surface area contributed by atoms with Gasteiger partial charge in [0.05, 0.1) is 0 Å². The quantitative estimate of drug-likeness (QED) is 0.866. The van der Waals surface area contributed by atoms with Gasteiger partial charge in [-0.15, -0.1) is 0 Å². The summed E-state index contributed by atoms with van der Waals surface area (Å²) in [5.41, 5.74) is 7.09. The second-order valence-electron chi connectivity index (χ2n) is 4.26. The van der Waals surface area contributed by atoms with Crippen LogP contribution in [-0.4, -0.2) is 35.5 Å². The minimum Gasteiger partial charge on any atom is -0.330 e. The van der Waals surface area contributed by atoms with E-state index in [-0.39, 0.29) is 0 Å². The molecule has 2 rings (SSSR count). The van der Waals surface area contributed by atoms with Gasteiger partial charge in [0.2, 0.25) is 0 Å². The molecule has 88 valence electrons. The summed E-state index contributed by atoms with van der Waals surface area (Å²) in [5, 5.41) is 0. The van der Waals surface area contributed by atoms with Crippen LogP contribution in [0.5, 0.6) is 0 Å². The molecule has 0 saturated carbocycles. The summed E-state index contributed by atoms with van der Waals surface area (Å²) in [6.45, 7) is 3.08. The van der Waals surface area contributed by atoms with Crippen LogP contribution in [0.1, 0.15) is 12.0 Å². The molecule has 1 aromatic carbocycles. The first-order chi connectivity index (χ1) is 7.90. The highest BCUT2D eigenvalue weighted by Crippen LogP contribution is 2.20. The molecule has 0 bridgehead atoms. The summed E-state index contributed by atoms with van der Waals surface area (Å²) >= 11 is 2.06. The molecule has 1 atom stereocenters. The highest BCUT2D eigenvalue weighted by Gasteiger charge is 2.21. The summed E-state index contributed by atoms with van der Waals surface area (Å²) in [6, 6.07) is 11.4. The average molecular weight is 236 g/mol. The van der Waals surface area contributed by atoms with E-state index in [9.17, 15) is 0 Å². The fourth-order valence-corrected chi connectivity index (χ4v) is 3.35. The maximum Gasteiger partial charge on any atom is 0.0237 e. The molecule has 1 heterocycles. The third-order valence-corrected chi connectivity index (χ3v) is 4.17. The van der Waals surface area contributed by atoms with Gasteiger partial charge >= 0.3 is 0 Å². The number of nitrogens with two attached hydrogens (primary N) is 1. The van der Waals surface area contributed by atoms with Crippen LogP contribution in [0.3, 0.4) is 0 Å². The molecular formula is C13H20N2S. The van der Waals surface area contributed by atoms with Crippen LogP contribution in [0.25, 0.3) is 0 Å². The summed E-state index contributed by atoms with van der Waals surface area (Å²) in [7, 11) is 0. The molecule has 0 amide bonds. The number of rotatable bonds is 4. The van der Waals surface area contributed by atoms with Gasteiger partial charge in [0, 0.05) is 30.6 Å². The lowest BCUT2D eigenvalue weighted by molar-refractivity contribution is 0.202. The van der Waals surface area contributed by atoms with Crippen molar-refractivity contribution in [3.05, 3.63) is 35.9 Å². The predicted octanol–water partition coefficient (Wildman–Crippen LogP) is 1.95. The van der Waals surface area contributed by atoms with Gasteiger partial charge in [-0.1, -0.05) is 30.3 Å². The molecule has 0 radical (unpaired) electrons. The number of nitrogens with zero attached hydrogens (tertiary/aromatic N) is 1. The first kappa shape index (κ1) is 12.0. The number of hydrogen-bond donors (Lipinski definition) is 1. The van der Waals surface area contributed by atoms with E-state index in [1.54, 1.807) is 0 Å². The normalized spacial score (nSPS) is 22.2. The van der Waals surface area contributed by atoms with Crippen molar-refractivity contribution < 1.29 is 0 Å². The second kappa shape index (κ2) is 6.28. The summed E-state index contributed by atoms with van der Waals surface area (Å²) in [4.78, 5) is 2.58. The highest BCUT2D eigenvalue weighted by molar-refractivity contribution is 7.99. The Hall–Kier alpha value is -0.510. The van der Waals surface area contributed by atoms with E-state index in [1.165, 1.54) is 23.6 Å². The standard InChI is InChI=1S/C13H20N2S/c14-7-6-13-11-16-9-8-15(13)10-12-4-2-1-3-5-12/h1-5,13H,6-11,14H2. The van der Waals surface area contributed by atoms with Crippen molar-refractivity contribution >= 4 is 11.8 Å². The van der Waals surface area contributed by atoms with Gasteiger partial charge in [0.15, 0.2) is 0 Å². The van der Waals surface area contributed by atoms with Crippen LogP contribution in [0.4, 0.5) is 0 Å². The van der Waals surface area contributed by atoms with Crippen molar-refractivity contribution in [3.63, 3.8) is 0 Å². The average Bonchev–Trinajstić information content (AvgIpc) is 2.33. The van der Waals surface area contributed by atoms with Crippen molar-refractivity contribution in [3.8, 4) is 0 Å². The fourth-order valence-electron chi connectivity index (χ4n) is 2.17. The van der Waals surface area contributed by atoms with Crippen LogP contribution in [-0.2, 0) is 6.54 Å². The third-order valence-electron chi connectivity index (χ3n) is 3.08. The van der Waals surface area contributed by atoms with Gasteiger partial charge in [-0.3, -0.25) is 4.90 Å². The molecule has 1 fully saturated rings. The molecule has 16 heavy (non-hydrogen) atoms. The molecule has 1 aromatic rings. The van der Waals surface area contributed by atoms with Crippen LogP contribution in [0, 0.1) is 0 Å². The number of thioether (sulfide) groups is 1. The first-order valence-electron chi connectivity index (χ1n) is 5.96. The van der Waals surface area contributed by atoms with Crippen molar-refractivity contribution in [2.24, 2.45) is 5.73 Å². The fraction of sp³-hybridized carbons (Fsp3) is 0.538. The van der Waals surface area contributed by atoms with E-state index in [2.05, 4.69) is 47.0 Å². The van der Waals surface area contributed by atoms with Crippen molar-refractivity contribution in [2.45, 2.75) is 19.0 Å². The molecule has 1 aliphatic rings. The van der Waals surface area contributed by atoms with Crippen molar-refractivity contribution in [1.29, 1.82) is 0 Å². The topological polar surface area (TPSA) is 29.3 Å². The van der Waals surface area contributed by atoms with E-state index < -0.39 is 0 Å². The number of hydrogen-bond acceptors (Lipinski definition) is 3. The Kier molecular flexibility index (Phi) is 4.69. The Morgan fingerprint density at radius 1 is 1.31 bits per heavy atom. The molecule has 2 nitrogen and oxygen atoms in total. The Labute approximate surface area is 102 Å². The molecule has 3 heteroatoms. The lowest BCUT2D eigenvalue weighted by Gasteiger charge is -2.35. The van der Waals surface area contributed by atoms with Crippen LogP contribution in [0.15, 0.2) is 30.3 Å². The minimum atomic E-state index is 0.670. The van der Waals surface area contributed by atoms with E-state index in [0.29, 0.717) is 6.04 Å². The lowest BCUT2D eigenvalue weighted by Crippen LogP contribution is -2.42. The highest BCUT2D eigenvalue weighted by atomic mass is 32.2. The molecule has 1 aliphatic heterocycles. The van der Waals surface area contributed by atoms with Gasteiger partial charge in [-0.05, 0) is 18.5 Å². The van der Waals surface area contributed by atoms with Gasteiger partial charge < -0.3 is 5.73 Å². The van der Waals surface area contributed by atoms with Gasteiger partial charge in [0.25, 0.3) is 0 Å². The SMILES string of the molecule is NCCC1CSCCN1Cc1ccccc1. The molecule has 0 aromatic heterocycles. The van der Waals surface area contributed by atoms with E-state index >= 15 is 0 Å². The molecule has 1 unspecified atom stereocenters. The Balaban J connectivity index is 1.96. The predicted molar refractivity (Wildman–Crippen MR) is 71.6 cm³/mol. The Morgan fingerprint density at radius 2 is 2.12 bits per heavy atom. The summed E-state index contributed by atoms with van der Waals surface area (Å²) < 4.78 is 0. The van der Waals surface area contributed by atoms with E-state index in [0.717, 1.165) is 19.5 Å². The van der Waals surface area contributed by atoms with E-state index in [1.807, 2.05) is 0 Å².